The van der Waals surface area contributed by atoms with Crippen LogP contribution in [0.2, 0.25) is 0 Å². The van der Waals surface area contributed by atoms with Crippen LogP contribution >= 0.6 is 0 Å². The maximum atomic E-state index is 12.9. The lowest BCUT2D eigenvalue weighted by molar-refractivity contribution is 0.397. The van der Waals surface area contributed by atoms with E-state index >= 15 is 0 Å². The molecule has 0 saturated heterocycles. The lowest BCUT2D eigenvalue weighted by Crippen LogP contribution is -1.90. The van der Waals surface area contributed by atoms with E-state index in [9.17, 15) is 8.78 Å². The van der Waals surface area contributed by atoms with Gasteiger partial charge in [0, 0.05) is 0 Å². The minimum absolute atomic E-state index is 0.127. The molecule has 0 aliphatic rings. The third kappa shape index (κ3) is 9.78. The summed E-state index contributed by atoms with van der Waals surface area (Å²) in [5, 5.41) is 0. The van der Waals surface area contributed by atoms with E-state index in [0.717, 1.165) is 32.1 Å². The Morgan fingerprint density at radius 3 is 2.15 bits per heavy atom. The van der Waals surface area contributed by atoms with Crippen molar-refractivity contribution in [3.63, 3.8) is 0 Å². The molecule has 0 fully saturated rings. The molecule has 0 aromatic rings. The Hall–Kier alpha value is -0.140. The van der Waals surface area contributed by atoms with Gasteiger partial charge >= 0.3 is 0 Å². The van der Waals surface area contributed by atoms with Gasteiger partial charge in [0.15, 0.2) is 0 Å². The lowest BCUT2D eigenvalue weighted by Gasteiger charge is -2.04. The van der Waals surface area contributed by atoms with Crippen LogP contribution in [0.4, 0.5) is 8.78 Å². The topological polar surface area (TPSA) is 0 Å². The van der Waals surface area contributed by atoms with Crippen LogP contribution in [0.1, 0.15) is 58.3 Å². The molecule has 0 bridgehead atoms. The van der Waals surface area contributed by atoms with Crippen LogP contribution in [-0.2, 0) is 0 Å². The molecule has 0 amide bonds. The molecule has 0 heterocycles. The Kier molecular flexibility index (Phi) is 9.84. The van der Waals surface area contributed by atoms with E-state index < -0.39 is 0 Å². The van der Waals surface area contributed by atoms with E-state index in [-0.39, 0.29) is 12.8 Å². The molecular formula is C11H21F2. The molecule has 79 valence electrons. The van der Waals surface area contributed by atoms with Crippen LogP contribution in [-0.4, -0.2) is 6.67 Å². The molecule has 0 rings (SSSR count). The van der Waals surface area contributed by atoms with Crippen LogP contribution in [0, 0.1) is 6.17 Å². The van der Waals surface area contributed by atoms with Crippen LogP contribution in [0.5, 0.6) is 0 Å². The van der Waals surface area contributed by atoms with Crippen molar-refractivity contribution in [2.75, 3.05) is 6.67 Å². The first-order chi connectivity index (χ1) is 6.31. The Bertz CT molecular complexity index is 94.1. The largest absolute Gasteiger partial charge is 0.251 e. The lowest BCUT2D eigenvalue weighted by atomic mass is 10.1. The number of unbranched alkanes of at least 4 members (excludes halogenated alkanes) is 4. The third-order valence-corrected chi connectivity index (χ3v) is 2.13. The highest BCUT2D eigenvalue weighted by atomic mass is 19.1. The maximum Gasteiger partial charge on any atom is 0.144 e. The second-order valence-electron chi connectivity index (χ2n) is 3.47. The highest BCUT2D eigenvalue weighted by Crippen LogP contribution is 2.19. The molecule has 0 aliphatic heterocycles. The van der Waals surface area contributed by atoms with Crippen molar-refractivity contribution in [3.05, 3.63) is 6.17 Å². The molecule has 1 radical (unpaired) electrons. The summed E-state index contributed by atoms with van der Waals surface area (Å²) < 4.78 is 24.6. The van der Waals surface area contributed by atoms with Crippen molar-refractivity contribution in [2.45, 2.75) is 58.3 Å². The van der Waals surface area contributed by atoms with Gasteiger partial charge in [-0.1, -0.05) is 39.0 Å². The average molecular weight is 191 g/mol. The summed E-state index contributed by atoms with van der Waals surface area (Å²) >= 11 is 0. The SMILES string of the molecule is CCCC[C](F)CCCCCCF. The van der Waals surface area contributed by atoms with Crippen molar-refractivity contribution in [2.24, 2.45) is 0 Å². The number of hydrogen-bond donors (Lipinski definition) is 0. The fourth-order valence-electron chi connectivity index (χ4n) is 1.26. The van der Waals surface area contributed by atoms with Gasteiger partial charge in [-0.15, -0.1) is 0 Å². The highest BCUT2D eigenvalue weighted by Gasteiger charge is 2.05. The number of alkyl halides is 1. The predicted molar refractivity (Wildman–Crippen MR) is 52.9 cm³/mol. The summed E-state index contributed by atoms with van der Waals surface area (Å²) in [6.07, 6.45) is 6.73. The molecule has 0 atom stereocenters. The molecule has 0 nitrogen and oxygen atoms in total. The molecule has 0 saturated carbocycles. The molecule has 0 aliphatic carbocycles. The zero-order chi connectivity index (χ0) is 9.94. The van der Waals surface area contributed by atoms with Gasteiger partial charge in [-0.25, -0.2) is 4.39 Å². The Balaban J connectivity index is 3.03. The van der Waals surface area contributed by atoms with E-state index in [4.69, 9.17) is 0 Å². The predicted octanol–water partition coefficient (Wildman–Crippen LogP) is 4.60. The first kappa shape index (κ1) is 12.9. The second kappa shape index (κ2) is 9.94. The van der Waals surface area contributed by atoms with Gasteiger partial charge in [-0.05, 0) is 19.3 Å². The minimum Gasteiger partial charge on any atom is -0.251 e. The van der Waals surface area contributed by atoms with Gasteiger partial charge in [0.25, 0.3) is 0 Å². The summed E-state index contributed by atoms with van der Waals surface area (Å²) in [5.74, 6) is 0. The molecule has 0 aromatic heterocycles. The molecule has 0 aromatic carbocycles. The summed E-state index contributed by atoms with van der Waals surface area (Å²) in [6.45, 7) is 1.83. The number of rotatable bonds is 9. The third-order valence-electron chi connectivity index (χ3n) is 2.13. The highest BCUT2D eigenvalue weighted by molar-refractivity contribution is 4.75. The Morgan fingerprint density at radius 1 is 0.923 bits per heavy atom. The molecule has 0 spiro atoms. The Labute approximate surface area is 80.7 Å². The fourth-order valence-corrected chi connectivity index (χ4v) is 1.26. The first-order valence-electron chi connectivity index (χ1n) is 5.37. The van der Waals surface area contributed by atoms with Crippen LogP contribution in [0.15, 0.2) is 0 Å². The van der Waals surface area contributed by atoms with Gasteiger partial charge in [0.05, 0.1) is 6.67 Å². The number of hydrogen-bond acceptors (Lipinski definition) is 0. The summed E-state index contributed by atoms with van der Waals surface area (Å²) in [5.41, 5.74) is 0. The van der Waals surface area contributed by atoms with E-state index in [1.165, 1.54) is 0 Å². The smallest absolute Gasteiger partial charge is 0.144 e. The summed E-state index contributed by atoms with van der Waals surface area (Å²) in [7, 11) is 0. The van der Waals surface area contributed by atoms with E-state index in [0.29, 0.717) is 19.3 Å². The maximum absolute atomic E-state index is 12.9. The van der Waals surface area contributed by atoms with Crippen molar-refractivity contribution in [1.82, 2.24) is 0 Å². The summed E-state index contributed by atoms with van der Waals surface area (Å²) in [4.78, 5) is 0. The molecule has 13 heavy (non-hydrogen) atoms. The van der Waals surface area contributed by atoms with Gasteiger partial charge < -0.3 is 0 Å². The van der Waals surface area contributed by atoms with Crippen LogP contribution in [0.3, 0.4) is 0 Å². The van der Waals surface area contributed by atoms with Gasteiger partial charge in [-0.3, -0.25) is 4.39 Å². The number of halogens is 2. The first-order valence-corrected chi connectivity index (χ1v) is 5.37. The van der Waals surface area contributed by atoms with Gasteiger partial charge in [0.1, 0.15) is 6.17 Å². The molecule has 0 N–H and O–H groups in total. The standard InChI is InChI=1S/C11H21F2/c1-2-3-8-11(13)9-6-4-5-7-10-12/h2-10H2,1H3. The molecule has 2 heteroatoms. The zero-order valence-electron chi connectivity index (χ0n) is 8.62. The van der Waals surface area contributed by atoms with Crippen molar-refractivity contribution < 1.29 is 8.78 Å². The normalized spacial score (nSPS) is 11.1. The second-order valence-corrected chi connectivity index (χ2v) is 3.47. The van der Waals surface area contributed by atoms with Crippen molar-refractivity contribution in [1.29, 1.82) is 0 Å². The van der Waals surface area contributed by atoms with E-state index in [2.05, 4.69) is 6.92 Å². The summed E-state index contributed by atoms with van der Waals surface area (Å²) in [6, 6.07) is 0. The molecule has 0 unspecified atom stereocenters. The van der Waals surface area contributed by atoms with Crippen LogP contribution < -0.4 is 0 Å². The van der Waals surface area contributed by atoms with Gasteiger partial charge in [0.2, 0.25) is 0 Å². The van der Waals surface area contributed by atoms with E-state index in [1.54, 1.807) is 0 Å². The molecular weight excluding hydrogens is 170 g/mol. The van der Waals surface area contributed by atoms with E-state index in [1.807, 2.05) is 0 Å². The Morgan fingerprint density at radius 2 is 1.54 bits per heavy atom. The zero-order valence-corrected chi connectivity index (χ0v) is 8.62. The minimum atomic E-state index is -0.234. The van der Waals surface area contributed by atoms with Crippen molar-refractivity contribution in [3.8, 4) is 0 Å². The average Bonchev–Trinajstić information content (AvgIpc) is 2.14. The van der Waals surface area contributed by atoms with Crippen molar-refractivity contribution >= 4 is 0 Å². The van der Waals surface area contributed by atoms with Gasteiger partial charge in [-0.2, -0.15) is 0 Å². The monoisotopic (exact) mass is 191 g/mol. The quantitative estimate of drug-likeness (QED) is 0.467. The van der Waals surface area contributed by atoms with Crippen LogP contribution in [0.25, 0.3) is 0 Å². The fraction of sp³-hybridized carbons (Fsp3) is 0.909.